The molecule has 0 radical (unpaired) electrons. The van der Waals surface area contributed by atoms with E-state index < -0.39 is 10.0 Å². The van der Waals surface area contributed by atoms with E-state index >= 15 is 0 Å². The maximum atomic E-state index is 12.6. The minimum absolute atomic E-state index is 0.0845. The Hall–Kier alpha value is -1.95. The summed E-state index contributed by atoms with van der Waals surface area (Å²) in [6.45, 7) is -0.0845. The molecule has 0 spiro atoms. The van der Waals surface area contributed by atoms with Crippen molar-refractivity contribution in [1.29, 1.82) is 5.26 Å². The van der Waals surface area contributed by atoms with E-state index in [4.69, 9.17) is 26.3 Å². The summed E-state index contributed by atoms with van der Waals surface area (Å²) in [5.74, 6) is 0.614. The summed E-state index contributed by atoms with van der Waals surface area (Å²) in [4.78, 5) is -0.0887. The molecule has 0 aromatic heterocycles. The topological polar surface area (TPSA) is 88.4 Å². The van der Waals surface area contributed by atoms with E-state index in [9.17, 15) is 8.42 Å². The van der Waals surface area contributed by atoms with Gasteiger partial charge in [-0.2, -0.15) is 5.26 Å². The highest BCUT2D eigenvalue weighted by molar-refractivity contribution is 9.10. The number of sulfonamides is 1. The van der Waals surface area contributed by atoms with Gasteiger partial charge in [0.25, 0.3) is 10.0 Å². The van der Waals surface area contributed by atoms with Crippen molar-refractivity contribution in [3.05, 3.63) is 45.9 Å². The summed E-state index contributed by atoms with van der Waals surface area (Å²) in [6, 6.07) is 10.9. The van der Waals surface area contributed by atoms with Gasteiger partial charge in [-0.3, -0.25) is 4.72 Å². The highest BCUT2D eigenvalue weighted by Crippen LogP contribution is 2.36. The van der Waals surface area contributed by atoms with Crippen LogP contribution in [0.3, 0.4) is 0 Å². The van der Waals surface area contributed by atoms with Gasteiger partial charge in [0.2, 0.25) is 0 Å². The molecule has 24 heavy (non-hydrogen) atoms. The minimum Gasteiger partial charge on any atom is -0.494 e. The number of nitrogens with one attached hydrogen (secondary N) is 1. The molecule has 0 amide bonds. The largest absolute Gasteiger partial charge is 0.494 e. The molecule has 0 aliphatic heterocycles. The van der Waals surface area contributed by atoms with E-state index in [1.54, 1.807) is 18.2 Å². The van der Waals surface area contributed by atoms with Crippen LogP contribution in [0.2, 0.25) is 5.02 Å². The van der Waals surface area contributed by atoms with Crippen LogP contribution in [-0.4, -0.2) is 22.1 Å². The molecule has 2 aromatic rings. The maximum absolute atomic E-state index is 12.6. The Morgan fingerprint density at radius 3 is 2.54 bits per heavy atom. The van der Waals surface area contributed by atoms with Gasteiger partial charge in [0.05, 0.1) is 11.6 Å². The molecule has 1 N–H and O–H groups in total. The Labute approximate surface area is 153 Å². The summed E-state index contributed by atoms with van der Waals surface area (Å²) in [5.41, 5.74) is 0.331. The highest BCUT2D eigenvalue weighted by Gasteiger charge is 2.22. The number of hydrogen-bond acceptors (Lipinski definition) is 5. The van der Waals surface area contributed by atoms with Crippen LogP contribution in [0.25, 0.3) is 0 Å². The zero-order valence-corrected chi connectivity index (χ0v) is 15.6. The molecule has 0 heterocycles. The third-order valence-electron chi connectivity index (χ3n) is 2.88. The van der Waals surface area contributed by atoms with Gasteiger partial charge in [-0.1, -0.05) is 11.6 Å². The fourth-order valence-electron chi connectivity index (χ4n) is 1.88. The van der Waals surface area contributed by atoms with Crippen molar-refractivity contribution in [2.45, 2.75) is 4.90 Å². The van der Waals surface area contributed by atoms with Crippen LogP contribution in [0.4, 0.5) is 5.69 Å². The van der Waals surface area contributed by atoms with Crippen LogP contribution in [-0.2, 0) is 10.0 Å². The second-order valence-electron chi connectivity index (χ2n) is 4.50. The van der Waals surface area contributed by atoms with Crippen molar-refractivity contribution in [2.75, 3.05) is 18.4 Å². The molecule has 126 valence electrons. The van der Waals surface area contributed by atoms with Gasteiger partial charge in [-0.15, -0.1) is 0 Å². The van der Waals surface area contributed by atoms with E-state index in [-0.39, 0.29) is 22.3 Å². The minimum atomic E-state index is -3.91. The second-order valence-corrected chi connectivity index (χ2v) is 7.44. The predicted molar refractivity (Wildman–Crippen MR) is 94.1 cm³/mol. The Morgan fingerprint density at radius 2 is 1.96 bits per heavy atom. The molecule has 0 unspecified atom stereocenters. The van der Waals surface area contributed by atoms with Gasteiger partial charge in [0.15, 0.2) is 12.4 Å². The lowest BCUT2D eigenvalue weighted by Crippen LogP contribution is -2.14. The van der Waals surface area contributed by atoms with Crippen molar-refractivity contribution >= 4 is 43.2 Å². The van der Waals surface area contributed by atoms with Gasteiger partial charge in [-0.05, 0) is 52.3 Å². The SMILES string of the molecule is COc1c(Br)cc(Cl)cc1S(=O)(=O)Nc1ccc(OCC#N)cc1. The highest BCUT2D eigenvalue weighted by atomic mass is 79.9. The average Bonchev–Trinajstić information content (AvgIpc) is 2.53. The maximum Gasteiger partial charge on any atom is 0.265 e. The monoisotopic (exact) mass is 430 g/mol. The molecule has 9 heteroatoms. The Kier molecular flexibility index (Phi) is 5.94. The normalized spacial score (nSPS) is 10.8. The molecule has 0 fully saturated rings. The Morgan fingerprint density at radius 1 is 1.29 bits per heavy atom. The first-order valence-electron chi connectivity index (χ1n) is 6.53. The van der Waals surface area contributed by atoms with Gasteiger partial charge in [0.1, 0.15) is 16.7 Å². The summed E-state index contributed by atoms with van der Waals surface area (Å²) < 4.78 is 38.3. The van der Waals surface area contributed by atoms with Gasteiger partial charge in [-0.25, -0.2) is 8.42 Å². The molecule has 2 rings (SSSR count). The first kappa shape index (κ1) is 18.4. The van der Waals surface area contributed by atoms with Crippen LogP contribution in [0.15, 0.2) is 45.8 Å². The van der Waals surface area contributed by atoms with Crippen molar-refractivity contribution < 1.29 is 17.9 Å². The lowest BCUT2D eigenvalue weighted by atomic mass is 10.3. The Balaban J connectivity index is 2.31. The Bertz CT molecular complexity index is 880. The van der Waals surface area contributed by atoms with Gasteiger partial charge < -0.3 is 9.47 Å². The number of rotatable bonds is 6. The average molecular weight is 432 g/mol. The molecule has 0 saturated carbocycles. The van der Waals surface area contributed by atoms with Crippen LogP contribution < -0.4 is 14.2 Å². The van der Waals surface area contributed by atoms with Crippen molar-refractivity contribution in [3.8, 4) is 17.6 Å². The molecule has 0 bridgehead atoms. The molecular formula is C15H12BrClN2O4S. The molecule has 2 aromatic carbocycles. The van der Waals surface area contributed by atoms with Crippen molar-refractivity contribution in [3.63, 3.8) is 0 Å². The van der Waals surface area contributed by atoms with E-state index in [1.165, 1.54) is 25.3 Å². The van der Waals surface area contributed by atoms with Crippen molar-refractivity contribution in [1.82, 2.24) is 0 Å². The van der Waals surface area contributed by atoms with E-state index in [0.717, 1.165) is 0 Å². The van der Waals surface area contributed by atoms with E-state index in [2.05, 4.69) is 20.7 Å². The number of nitrogens with zero attached hydrogens (tertiary/aromatic N) is 1. The number of benzene rings is 2. The fourth-order valence-corrected chi connectivity index (χ4v) is 4.32. The lowest BCUT2D eigenvalue weighted by molar-refractivity contribution is 0.368. The zero-order valence-electron chi connectivity index (χ0n) is 12.4. The lowest BCUT2D eigenvalue weighted by Gasteiger charge is -2.13. The molecule has 0 aliphatic rings. The smallest absolute Gasteiger partial charge is 0.265 e. The summed E-state index contributed by atoms with van der Waals surface area (Å²) >= 11 is 9.16. The number of halogens is 2. The zero-order chi connectivity index (χ0) is 17.7. The van der Waals surface area contributed by atoms with Crippen LogP contribution in [0.5, 0.6) is 11.5 Å². The first-order valence-corrected chi connectivity index (χ1v) is 9.18. The molecule has 0 saturated heterocycles. The summed E-state index contributed by atoms with van der Waals surface area (Å²) in [7, 11) is -2.54. The fraction of sp³-hybridized carbons (Fsp3) is 0.133. The second kappa shape index (κ2) is 7.75. The van der Waals surface area contributed by atoms with Crippen LogP contribution >= 0.6 is 27.5 Å². The van der Waals surface area contributed by atoms with Crippen molar-refractivity contribution in [2.24, 2.45) is 0 Å². The summed E-state index contributed by atoms with van der Waals surface area (Å²) in [6.07, 6.45) is 0. The van der Waals surface area contributed by atoms with Gasteiger partial charge in [0, 0.05) is 10.7 Å². The number of hydrogen-bond donors (Lipinski definition) is 1. The molecule has 0 aliphatic carbocycles. The standard InChI is InChI=1S/C15H12BrClN2O4S/c1-22-15-13(16)8-10(17)9-14(15)24(20,21)19-11-2-4-12(5-3-11)23-7-6-18/h2-5,8-9,19H,7H2,1H3. The number of nitriles is 1. The quantitative estimate of drug-likeness (QED) is 0.751. The van der Waals surface area contributed by atoms with Crippen LogP contribution in [0, 0.1) is 11.3 Å². The number of anilines is 1. The molecular weight excluding hydrogens is 420 g/mol. The van der Waals surface area contributed by atoms with Crippen LogP contribution in [0.1, 0.15) is 0 Å². The first-order chi connectivity index (χ1) is 11.4. The summed E-state index contributed by atoms with van der Waals surface area (Å²) in [5, 5.41) is 8.72. The third kappa shape index (κ3) is 4.32. The van der Waals surface area contributed by atoms with E-state index in [1.807, 2.05) is 6.07 Å². The third-order valence-corrected chi connectivity index (χ3v) is 5.07. The molecule has 0 atom stereocenters. The number of methoxy groups -OCH3 is 1. The predicted octanol–water partition coefficient (Wildman–Crippen LogP) is 3.81. The molecule has 6 nitrogen and oxygen atoms in total. The van der Waals surface area contributed by atoms with Gasteiger partial charge >= 0.3 is 0 Å². The number of ether oxygens (including phenoxy) is 2. The van der Waals surface area contributed by atoms with E-state index in [0.29, 0.717) is 15.9 Å².